The van der Waals surface area contributed by atoms with Gasteiger partial charge in [-0.05, 0) is 32.9 Å². The Balaban J connectivity index is 3.02. The molecule has 1 aromatic carbocycles. The van der Waals surface area contributed by atoms with Gasteiger partial charge in [-0.25, -0.2) is 9.18 Å². The van der Waals surface area contributed by atoms with E-state index in [0.717, 1.165) is 6.07 Å². The largest absolute Gasteiger partial charge is 0.409 e. The molecule has 2 amide bonds. The molecule has 0 fully saturated rings. The van der Waals surface area contributed by atoms with Gasteiger partial charge in [0.15, 0.2) is 5.84 Å². The highest BCUT2D eigenvalue weighted by atomic mass is 19.1. The Kier molecular flexibility index (Phi) is 4.31. The summed E-state index contributed by atoms with van der Waals surface area (Å²) in [5.41, 5.74) is 4.91. The molecule has 0 spiro atoms. The summed E-state index contributed by atoms with van der Waals surface area (Å²) >= 11 is 0. The zero-order valence-corrected chi connectivity index (χ0v) is 11.0. The minimum absolute atomic E-state index is 0.122. The lowest BCUT2D eigenvalue weighted by Gasteiger charge is -2.21. The monoisotopic (exact) mass is 268 g/mol. The SMILES string of the molecule is CC(C)(C)NC(=O)Nc1cccc(F)c1/C(N)=N/O. The first kappa shape index (κ1) is 14.7. The number of carbonyl (C=O) groups excluding carboxylic acids is 1. The fraction of sp³-hybridized carbons (Fsp3) is 0.333. The van der Waals surface area contributed by atoms with E-state index in [1.807, 2.05) is 20.8 Å². The summed E-state index contributed by atoms with van der Waals surface area (Å²) in [6.07, 6.45) is 0. The van der Waals surface area contributed by atoms with E-state index in [1.54, 1.807) is 0 Å². The molecule has 0 bridgehead atoms. The van der Waals surface area contributed by atoms with E-state index < -0.39 is 23.2 Å². The molecule has 0 aliphatic rings. The van der Waals surface area contributed by atoms with E-state index in [-0.39, 0.29) is 11.3 Å². The Labute approximate surface area is 110 Å². The van der Waals surface area contributed by atoms with E-state index in [2.05, 4.69) is 15.8 Å². The van der Waals surface area contributed by atoms with Crippen molar-refractivity contribution >= 4 is 17.6 Å². The standard InChI is InChI=1S/C12H17FN4O2/c1-12(2,3)16-11(18)15-8-6-4-5-7(13)9(8)10(14)17-19/h4-6,19H,1-3H3,(H2,14,17)(H2,15,16,18). The summed E-state index contributed by atoms with van der Waals surface area (Å²) in [7, 11) is 0. The van der Waals surface area contributed by atoms with Crippen LogP contribution in [0.1, 0.15) is 26.3 Å². The molecule has 0 saturated heterocycles. The lowest BCUT2D eigenvalue weighted by molar-refractivity contribution is 0.244. The number of hydrogen-bond donors (Lipinski definition) is 4. The van der Waals surface area contributed by atoms with Crippen molar-refractivity contribution in [2.24, 2.45) is 10.9 Å². The number of benzene rings is 1. The maximum atomic E-state index is 13.6. The number of halogens is 1. The van der Waals surface area contributed by atoms with E-state index in [4.69, 9.17) is 10.9 Å². The number of anilines is 1. The second-order valence-corrected chi connectivity index (χ2v) is 4.98. The molecule has 6 nitrogen and oxygen atoms in total. The van der Waals surface area contributed by atoms with Gasteiger partial charge in [0.05, 0.1) is 11.3 Å². The van der Waals surface area contributed by atoms with E-state index in [1.165, 1.54) is 12.1 Å². The molecule has 0 aliphatic heterocycles. The molecule has 1 rings (SSSR count). The van der Waals surface area contributed by atoms with Crippen LogP contribution in [0.25, 0.3) is 0 Å². The number of carbonyl (C=O) groups is 1. The van der Waals surface area contributed by atoms with Gasteiger partial charge in [-0.3, -0.25) is 0 Å². The molecule has 1 aromatic rings. The van der Waals surface area contributed by atoms with Gasteiger partial charge in [-0.15, -0.1) is 0 Å². The van der Waals surface area contributed by atoms with Gasteiger partial charge in [0.25, 0.3) is 0 Å². The molecule has 0 saturated carbocycles. The summed E-state index contributed by atoms with van der Waals surface area (Å²) in [4.78, 5) is 11.7. The average molecular weight is 268 g/mol. The Morgan fingerprint density at radius 3 is 2.58 bits per heavy atom. The van der Waals surface area contributed by atoms with Gasteiger partial charge in [0.2, 0.25) is 0 Å². The lowest BCUT2D eigenvalue weighted by Crippen LogP contribution is -2.43. The highest BCUT2D eigenvalue weighted by Gasteiger charge is 2.17. The third-order valence-electron chi connectivity index (χ3n) is 2.11. The lowest BCUT2D eigenvalue weighted by atomic mass is 10.1. The van der Waals surface area contributed by atoms with Crippen LogP contribution in [0.4, 0.5) is 14.9 Å². The smallest absolute Gasteiger partial charge is 0.319 e. The normalized spacial score (nSPS) is 12.1. The zero-order chi connectivity index (χ0) is 14.6. The van der Waals surface area contributed by atoms with Gasteiger partial charge in [0.1, 0.15) is 5.82 Å². The number of nitrogens with one attached hydrogen (secondary N) is 2. The van der Waals surface area contributed by atoms with Crippen molar-refractivity contribution in [3.05, 3.63) is 29.6 Å². The van der Waals surface area contributed by atoms with Crippen LogP contribution in [0.5, 0.6) is 0 Å². The van der Waals surface area contributed by atoms with Crippen LogP contribution in [-0.4, -0.2) is 22.6 Å². The maximum absolute atomic E-state index is 13.6. The van der Waals surface area contributed by atoms with Gasteiger partial charge in [-0.2, -0.15) is 0 Å². The van der Waals surface area contributed by atoms with E-state index in [9.17, 15) is 9.18 Å². The van der Waals surface area contributed by atoms with E-state index in [0.29, 0.717) is 0 Å². The van der Waals surface area contributed by atoms with Gasteiger partial charge >= 0.3 is 6.03 Å². The second kappa shape index (κ2) is 5.55. The second-order valence-electron chi connectivity index (χ2n) is 4.98. The van der Waals surface area contributed by atoms with Crippen LogP contribution in [0.3, 0.4) is 0 Å². The van der Waals surface area contributed by atoms with Gasteiger partial charge in [0, 0.05) is 5.54 Å². The molecule has 0 radical (unpaired) electrons. The van der Waals surface area contributed by atoms with Crippen LogP contribution < -0.4 is 16.4 Å². The van der Waals surface area contributed by atoms with Crippen molar-refractivity contribution in [3.8, 4) is 0 Å². The molecule has 0 aromatic heterocycles. The molecule has 19 heavy (non-hydrogen) atoms. The van der Waals surface area contributed by atoms with Crippen molar-refractivity contribution in [3.63, 3.8) is 0 Å². The summed E-state index contributed by atoms with van der Waals surface area (Å²) in [6.45, 7) is 5.42. The fourth-order valence-electron chi connectivity index (χ4n) is 1.43. The molecule has 0 heterocycles. The third kappa shape index (κ3) is 4.13. The van der Waals surface area contributed by atoms with Crippen LogP contribution in [0, 0.1) is 5.82 Å². The number of amides is 2. The van der Waals surface area contributed by atoms with Crippen molar-refractivity contribution in [1.82, 2.24) is 5.32 Å². The molecule has 0 atom stereocenters. The number of urea groups is 1. The van der Waals surface area contributed by atoms with Crippen molar-refractivity contribution in [1.29, 1.82) is 0 Å². The quantitative estimate of drug-likeness (QED) is 0.285. The fourth-order valence-corrected chi connectivity index (χ4v) is 1.43. The van der Waals surface area contributed by atoms with Crippen LogP contribution in [0.2, 0.25) is 0 Å². The Hall–Kier alpha value is -2.31. The van der Waals surface area contributed by atoms with Gasteiger partial charge in [-0.1, -0.05) is 11.2 Å². The Morgan fingerprint density at radius 1 is 1.42 bits per heavy atom. The molecule has 0 unspecified atom stereocenters. The average Bonchev–Trinajstić information content (AvgIpc) is 2.25. The van der Waals surface area contributed by atoms with Crippen LogP contribution in [0.15, 0.2) is 23.4 Å². The predicted molar refractivity (Wildman–Crippen MR) is 70.8 cm³/mol. The maximum Gasteiger partial charge on any atom is 0.319 e. The van der Waals surface area contributed by atoms with Crippen molar-refractivity contribution in [2.75, 3.05) is 5.32 Å². The van der Waals surface area contributed by atoms with E-state index >= 15 is 0 Å². The highest BCUT2D eigenvalue weighted by molar-refractivity contribution is 6.05. The first-order valence-electron chi connectivity index (χ1n) is 5.60. The molecule has 7 heteroatoms. The number of rotatable bonds is 2. The zero-order valence-electron chi connectivity index (χ0n) is 11.0. The minimum atomic E-state index is -0.691. The summed E-state index contributed by atoms with van der Waals surface area (Å²) in [5, 5.41) is 16.5. The third-order valence-corrected chi connectivity index (χ3v) is 2.11. The number of nitrogens with zero attached hydrogens (tertiary/aromatic N) is 1. The number of hydrogen-bond acceptors (Lipinski definition) is 3. The van der Waals surface area contributed by atoms with Crippen molar-refractivity contribution < 1.29 is 14.4 Å². The Bertz CT molecular complexity index is 509. The summed E-state index contributed by atoms with van der Waals surface area (Å²) < 4.78 is 13.6. The molecule has 5 N–H and O–H groups in total. The molecular weight excluding hydrogens is 251 g/mol. The molecule has 104 valence electrons. The first-order chi connectivity index (χ1) is 8.74. The van der Waals surface area contributed by atoms with Crippen LogP contribution in [-0.2, 0) is 0 Å². The summed E-state index contributed by atoms with van der Waals surface area (Å²) in [6, 6.07) is 3.51. The number of nitrogens with two attached hydrogens (primary N) is 1. The van der Waals surface area contributed by atoms with Crippen LogP contribution >= 0.6 is 0 Å². The van der Waals surface area contributed by atoms with Gasteiger partial charge < -0.3 is 21.6 Å². The topological polar surface area (TPSA) is 99.7 Å². The Morgan fingerprint density at radius 2 is 2.05 bits per heavy atom. The highest BCUT2D eigenvalue weighted by Crippen LogP contribution is 2.18. The van der Waals surface area contributed by atoms with Crippen molar-refractivity contribution in [2.45, 2.75) is 26.3 Å². The number of oxime groups is 1. The first-order valence-corrected chi connectivity index (χ1v) is 5.60. The summed E-state index contributed by atoms with van der Waals surface area (Å²) in [5.74, 6) is -1.10. The molecule has 0 aliphatic carbocycles. The number of amidine groups is 1. The predicted octanol–water partition coefficient (Wildman–Crippen LogP) is 1.84. The molecular formula is C12H17FN4O2. The minimum Gasteiger partial charge on any atom is -0.409 e.